The number of carbonyl (C=O) groups is 1. The van der Waals surface area contributed by atoms with E-state index in [1.807, 2.05) is 29.3 Å². The van der Waals surface area contributed by atoms with Gasteiger partial charge < -0.3 is 9.47 Å². The summed E-state index contributed by atoms with van der Waals surface area (Å²) in [4.78, 5) is 23.8. The van der Waals surface area contributed by atoms with Gasteiger partial charge in [0.25, 0.3) is 5.91 Å². The Morgan fingerprint density at radius 3 is 2.96 bits per heavy atom. The van der Waals surface area contributed by atoms with Gasteiger partial charge in [-0.3, -0.25) is 14.8 Å². The fourth-order valence-corrected chi connectivity index (χ4v) is 3.63. The maximum absolute atomic E-state index is 13.2. The number of carbonyl (C=O) groups excluding carboxylic acids is 1. The SMILES string of the molecule is CCn1cc(C(=O)N2CCCC2c2cnccn2)c2ccccc21. The Bertz CT molecular complexity index is 871. The van der Waals surface area contributed by atoms with Crippen LogP contribution in [-0.2, 0) is 6.54 Å². The number of aryl methyl sites for hydroxylation is 1. The molecule has 2 aromatic heterocycles. The Balaban J connectivity index is 1.73. The molecule has 1 aliphatic heterocycles. The van der Waals surface area contributed by atoms with Crippen LogP contribution >= 0.6 is 0 Å². The minimum atomic E-state index is 0.0231. The summed E-state index contributed by atoms with van der Waals surface area (Å²) in [6, 6.07) is 8.13. The van der Waals surface area contributed by atoms with E-state index in [2.05, 4.69) is 27.5 Å². The standard InChI is InChI=1S/C19H20N4O/c1-2-22-13-15(14-6-3-4-7-17(14)22)19(24)23-11-5-8-18(23)16-12-20-9-10-21-16/h3-4,6-7,9-10,12-13,18H,2,5,8,11H2,1H3. The predicted molar refractivity (Wildman–Crippen MR) is 92.7 cm³/mol. The van der Waals surface area contributed by atoms with Gasteiger partial charge in [-0.2, -0.15) is 0 Å². The van der Waals surface area contributed by atoms with Crippen molar-refractivity contribution in [2.75, 3.05) is 6.54 Å². The first-order chi connectivity index (χ1) is 11.8. The highest BCUT2D eigenvalue weighted by molar-refractivity contribution is 6.07. The molecule has 1 fully saturated rings. The largest absolute Gasteiger partial charge is 0.347 e. The molecule has 4 rings (SSSR count). The first-order valence-electron chi connectivity index (χ1n) is 8.44. The van der Waals surface area contributed by atoms with Gasteiger partial charge >= 0.3 is 0 Å². The average molecular weight is 320 g/mol. The van der Waals surface area contributed by atoms with E-state index >= 15 is 0 Å². The zero-order valence-corrected chi connectivity index (χ0v) is 13.7. The number of benzene rings is 1. The van der Waals surface area contributed by atoms with Crippen LogP contribution in [0.4, 0.5) is 0 Å². The van der Waals surface area contributed by atoms with E-state index in [0.717, 1.165) is 48.1 Å². The number of hydrogen-bond donors (Lipinski definition) is 0. The van der Waals surface area contributed by atoms with Crippen LogP contribution in [0.1, 0.15) is 41.9 Å². The van der Waals surface area contributed by atoms with E-state index in [-0.39, 0.29) is 11.9 Å². The van der Waals surface area contributed by atoms with E-state index in [4.69, 9.17) is 0 Å². The first-order valence-corrected chi connectivity index (χ1v) is 8.44. The molecule has 122 valence electrons. The smallest absolute Gasteiger partial charge is 0.256 e. The average Bonchev–Trinajstić information content (AvgIpc) is 3.27. The van der Waals surface area contributed by atoms with E-state index in [1.165, 1.54) is 0 Å². The van der Waals surface area contributed by atoms with Gasteiger partial charge in [0.05, 0.1) is 23.5 Å². The number of amides is 1. The number of rotatable bonds is 3. The number of aromatic nitrogens is 3. The van der Waals surface area contributed by atoms with Crippen LogP contribution in [0, 0.1) is 0 Å². The van der Waals surface area contributed by atoms with Crippen molar-refractivity contribution in [2.24, 2.45) is 0 Å². The highest BCUT2D eigenvalue weighted by Crippen LogP contribution is 2.33. The molecular formula is C19H20N4O. The normalized spacial score (nSPS) is 17.5. The molecule has 3 heterocycles. The van der Waals surface area contributed by atoms with Gasteiger partial charge in [-0.25, -0.2) is 0 Å². The summed E-state index contributed by atoms with van der Waals surface area (Å²) in [6.07, 6.45) is 9.06. The van der Waals surface area contributed by atoms with Crippen molar-refractivity contribution in [1.29, 1.82) is 0 Å². The number of para-hydroxylation sites is 1. The predicted octanol–water partition coefficient (Wildman–Crippen LogP) is 3.43. The van der Waals surface area contributed by atoms with Crippen LogP contribution in [0.3, 0.4) is 0 Å². The summed E-state index contributed by atoms with van der Waals surface area (Å²) in [7, 11) is 0. The van der Waals surface area contributed by atoms with Gasteiger partial charge in [0.2, 0.25) is 0 Å². The third kappa shape index (κ3) is 2.37. The van der Waals surface area contributed by atoms with Crippen LogP contribution in [0.2, 0.25) is 0 Å². The zero-order valence-electron chi connectivity index (χ0n) is 13.7. The highest BCUT2D eigenvalue weighted by Gasteiger charge is 2.32. The van der Waals surface area contributed by atoms with Gasteiger partial charge in [0, 0.05) is 42.6 Å². The quantitative estimate of drug-likeness (QED) is 0.743. The fraction of sp³-hybridized carbons (Fsp3) is 0.316. The molecular weight excluding hydrogens is 300 g/mol. The van der Waals surface area contributed by atoms with Gasteiger partial charge in [-0.15, -0.1) is 0 Å². The maximum atomic E-state index is 13.2. The maximum Gasteiger partial charge on any atom is 0.256 e. The lowest BCUT2D eigenvalue weighted by atomic mass is 10.1. The lowest BCUT2D eigenvalue weighted by Crippen LogP contribution is -2.31. The summed E-state index contributed by atoms with van der Waals surface area (Å²) in [6.45, 7) is 3.71. The number of fused-ring (bicyclic) bond motifs is 1. The van der Waals surface area contributed by atoms with Crippen molar-refractivity contribution < 1.29 is 4.79 Å². The third-order valence-electron chi connectivity index (χ3n) is 4.80. The van der Waals surface area contributed by atoms with Crippen molar-refractivity contribution in [2.45, 2.75) is 32.4 Å². The van der Waals surface area contributed by atoms with E-state index in [0.29, 0.717) is 0 Å². The van der Waals surface area contributed by atoms with Gasteiger partial charge in [0.15, 0.2) is 0 Å². The van der Waals surface area contributed by atoms with Crippen LogP contribution < -0.4 is 0 Å². The number of nitrogens with zero attached hydrogens (tertiary/aromatic N) is 4. The second kappa shape index (κ2) is 6.07. The molecule has 5 heteroatoms. The van der Waals surface area contributed by atoms with Crippen LogP contribution in [0.15, 0.2) is 49.1 Å². The van der Waals surface area contributed by atoms with Gasteiger partial charge in [0.1, 0.15) is 0 Å². The zero-order chi connectivity index (χ0) is 16.5. The van der Waals surface area contributed by atoms with E-state index in [9.17, 15) is 4.79 Å². The molecule has 0 bridgehead atoms. The Labute approximate surface area is 140 Å². The van der Waals surface area contributed by atoms with Crippen molar-refractivity contribution in [3.8, 4) is 0 Å². The summed E-state index contributed by atoms with van der Waals surface area (Å²) < 4.78 is 2.13. The molecule has 0 spiro atoms. The lowest BCUT2D eigenvalue weighted by molar-refractivity contribution is 0.0734. The van der Waals surface area contributed by atoms with Gasteiger partial charge in [-0.1, -0.05) is 18.2 Å². The summed E-state index contributed by atoms with van der Waals surface area (Å²) in [5.41, 5.74) is 2.77. The van der Waals surface area contributed by atoms with Crippen molar-refractivity contribution in [3.63, 3.8) is 0 Å². The molecule has 1 aliphatic rings. The van der Waals surface area contributed by atoms with Crippen LogP contribution in [-0.4, -0.2) is 31.9 Å². The molecule has 3 aromatic rings. The lowest BCUT2D eigenvalue weighted by Gasteiger charge is -2.23. The summed E-state index contributed by atoms with van der Waals surface area (Å²) >= 11 is 0. The molecule has 0 saturated carbocycles. The van der Waals surface area contributed by atoms with E-state index in [1.54, 1.807) is 18.6 Å². The molecule has 0 aliphatic carbocycles. The molecule has 1 saturated heterocycles. The molecule has 1 unspecified atom stereocenters. The van der Waals surface area contributed by atoms with E-state index < -0.39 is 0 Å². The number of hydrogen-bond acceptors (Lipinski definition) is 3. The van der Waals surface area contributed by atoms with Crippen LogP contribution in [0.25, 0.3) is 10.9 Å². The molecule has 0 N–H and O–H groups in total. The molecule has 24 heavy (non-hydrogen) atoms. The third-order valence-corrected chi connectivity index (χ3v) is 4.80. The molecule has 1 aromatic carbocycles. The Kier molecular flexibility index (Phi) is 3.76. The van der Waals surface area contributed by atoms with Crippen LogP contribution in [0.5, 0.6) is 0 Å². The topological polar surface area (TPSA) is 51.0 Å². The molecule has 0 radical (unpaired) electrons. The fourth-order valence-electron chi connectivity index (χ4n) is 3.63. The summed E-state index contributed by atoms with van der Waals surface area (Å²) in [5, 5.41) is 1.02. The highest BCUT2D eigenvalue weighted by atomic mass is 16.2. The first kappa shape index (κ1) is 14.9. The Morgan fingerprint density at radius 2 is 2.17 bits per heavy atom. The van der Waals surface area contributed by atoms with Crippen molar-refractivity contribution >= 4 is 16.8 Å². The monoisotopic (exact) mass is 320 g/mol. The second-order valence-corrected chi connectivity index (χ2v) is 6.13. The molecule has 1 atom stereocenters. The van der Waals surface area contributed by atoms with Gasteiger partial charge in [-0.05, 0) is 25.8 Å². The summed E-state index contributed by atoms with van der Waals surface area (Å²) in [5.74, 6) is 0.0894. The van der Waals surface area contributed by atoms with Crippen molar-refractivity contribution in [3.05, 3.63) is 60.3 Å². The molecule has 1 amide bonds. The van der Waals surface area contributed by atoms with Crippen molar-refractivity contribution in [1.82, 2.24) is 19.4 Å². The molecule has 5 nitrogen and oxygen atoms in total. The minimum absolute atomic E-state index is 0.0231. The minimum Gasteiger partial charge on any atom is -0.347 e. The Morgan fingerprint density at radius 1 is 1.29 bits per heavy atom. The second-order valence-electron chi connectivity index (χ2n) is 6.13. The number of likely N-dealkylation sites (tertiary alicyclic amines) is 1. The Hall–Kier alpha value is -2.69.